The molecule has 1 aliphatic carbocycles. The van der Waals surface area contributed by atoms with Crippen LogP contribution in [0.5, 0.6) is 0 Å². The maximum atomic E-state index is 2.38. The molecule has 1 aliphatic rings. The summed E-state index contributed by atoms with van der Waals surface area (Å²) >= 11 is 0. The lowest BCUT2D eigenvalue weighted by atomic mass is 9.82. The highest BCUT2D eigenvalue weighted by atomic mass is 14.2. The van der Waals surface area contributed by atoms with Crippen molar-refractivity contribution in [1.82, 2.24) is 0 Å². The average Bonchev–Trinajstić information content (AvgIpc) is 2.42. The molecule has 0 heterocycles. The van der Waals surface area contributed by atoms with Crippen LogP contribution < -0.4 is 0 Å². The topological polar surface area (TPSA) is 0 Å². The minimum atomic E-state index is 1.00. The third-order valence-corrected chi connectivity index (χ3v) is 2.54. The fraction of sp³-hybridized carbons (Fsp3) is 1.00. The lowest BCUT2D eigenvalue weighted by Crippen LogP contribution is -2.12. The molecule has 1 saturated carbocycles. The molecule has 0 aromatic rings. The molecule has 2 atom stereocenters. The summed E-state index contributed by atoms with van der Waals surface area (Å²) in [5.41, 5.74) is 0. The van der Waals surface area contributed by atoms with Gasteiger partial charge in [0.2, 0.25) is 0 Å². The molecule has 0 amide bonds. The molecule has 0 aromatic heterocycles. The molecule has 104 valence electrons. The molecule has 1 fully saturated rings. The highest BCUT2D eigenvalue weighted by Crippen LogP contribution is 2.28. The fourth-order valence-electron chi connectivity index (χ4n) is 1.50. The predicted octanol–water partition coefficient (Wildman–Crippen LogP) is 6.94. The summed E-state index contributed by atoms with van der Waals surface area (Å²) in [4.78, 5) is 0. The van der Waals surface area contributed by atoms with E-state index in [0.29, 0.717) is 0 Å². The van der Waals surface area contributed by atoms with Crippen molar-refractivity contribution < 1.29 is 0 Å². The first-order chi connectivity index (χ1) is 7.80. The van der Waals surface area contributed by atoms with Crippen LogP contribution in [0.15, 0.2) is 0 Å². The molecule has 0 aliphatic heterocycles. The van der Waals surface area contributed by atoms with Crippen LogP contribution in [0.3, 0.4) is 0 Å². The molecule has 2 unspecified atom stereocenters. The van der Waals surface area contributed by atoms with Gasteiger partial charge in [0, 0.05) is 0 Å². The highest BCUT2D eigenvalue weighted by molar-refractivity contribution is 4.67. The summed E-state index contributed by atoms with van der Waals surface area (Å²) in [5, 5.41) is 0. The van der Waals surface area contributed by atoms with Gasteiger partial charge in [0.15, 0.2) is 0 Å². The van der Waals surface area contributed by atoms with E-state index in [9.17, 15) is 0 Å². The summed E-state index contributed by atoms with van der Waals surface area (Å²) in [6.45, 7) is 20.8. The zero-order valence-electron chi connectivity index (χ0n) is 14.0. The standard InChI is InChI=1S/C8H16.4C2H6/c1-7-5-3-4-6-8(7)2;4*1-2/h7-8H,3-6H2,1-2H3;4*1-2H3. The summed E-state index contributed by atoms with van der Waals surface area (Å²) in [5.74, 6) is 2.01. The second-order valence-electron chi connectivity index (χ2n) is 3.24. The molecule has 16 heavy (non-hydrogen) atoms. The van der Waals surface area contributed by atoms with Crippen LogP contribution in [0.25, 0.3) is 0 Å². The molecule has 0 nitrogen and oxygen atoms in total. The number of hydrogen-bond acceptors (Lipinski definition) is 0. The first-order valence-corrected chi connectivity index (χ1v) is 7.80. The fourth-order valence-corrected chi connectivity index (χ4v) is 1.50. The Hall–Kier alpha value is 0. The lowest BCUT2D eigenvalue weighted by molar-refractivity contribution is 0.277. The first-order valence-electron chi connectivity index (χ1n) is 7.80. The molecule has 0 N–H and O–H groups in total. The second kappa shape index (κ2) is 29.4. The Morgan fingerprint density at radius 3 is 0.812 bits per heavy atom. The first kappa shape index (κ1) is 25.0. The third kappa shape index (κ3) is 19.6. The van der Waals surface area contributed by atoms with Crippen molar-refractivity contribution in [3.8, 4) is 0 Å². The maximum absolute atomic E-state index is 2.38. The van der Waals surface area contributed by atoms with E-state index in [0.717, 1.165) is 11.8 Å². The Morgan fingerprint density at radius 1 is 0.500 bits per heavy atom. The molecular formula is C16H40. The van der Waals surface area contributed by atoms with E-state index >= 15 is 0 Å². The Kier molecular flexibility index (Phi) is 45.9. The van der Waals surface area contributed by atoms with Crippen molar-refractivity contribution in [2.24, 2.45) is 11.8 Å². The monoisotopic (exact) mass is 232 g/mol. The molecular weight excluding hydrogens is 192 g/mol. The molecule has 0 radical (unpaired) electrons. The van der Waals surface area contributed by atoms with Crippen molar-refractivity contribution in [3.63, 3.8) is 0 Å². The summed E-state index contributed by atoms with van der Waals surface area (Å²) in [7, 11) is 0. The Bertz CT molecular complexity index is 56.4. The number of rotatable bonds is 0. The molecule has 1 rings (SSSR count). The molecule has 0 heteroatoms. The zero-order chi connectivity index (χ0) is 14.0. The summed E-state index contributed by atoms with van der Waals surface area (Å²) in [6, 6.07) is 0. The zero-order valence-corrected chi connectivity index (χ0v) is 14.0. The van der Waals surface area contributed by atoms with Crippen LogP contribution in [-0.4, -0.2) is 0 Å². The predicted molar refractivity (Wildman–Crippen MR) is 82.2 cm³/mol. The molecule has 0 aromatic carbocycles. The Labute approximate surface area is 107 Å². The van der Waals surface area contributed by atoms with Crippen LogP contribution in [0, 0.1) is 11.8 Å². The van der Waals surface area contributed by atoms with E-state index in [1.54, 1.807) is 0 Å². The minimum absolute atomic E-state index is 1.00. The van der Waals surface area contributed by atoms with E-state index in [1.807, 2.05) is 55.4 Å². The van der Waals surface area contributed by atoms with Crippen LogP contribution in [-0.2, 0) is 0 Å². The Balaban J connectivity index is -0.0000000771. The van der Waals surface area contributed by atoms with Gasteiger partial charge in [0.05, 0.1) is 0 Å². The molecule has 0 spiro atoms. The van der Waals surface area contributed by atoms with Crippen LogP contribution in [0.1, 0.15) is 94.9 Å². The van der Waals surface area contributed by atoms with Crippen molar-refractivity contribution >= 4 is 0 Å². The van der Waals surface area contributed by atoms with Gasteiger partial charge in [-0.25, -0.2) is 0 Å². The van der Waals surface area contributed by atoms with Gasteiger partial charge in [-0.2, -0.15) is 0 Å². The van der Waals surface area contributed by atoms with Crippen LogP contribution >= 0.6 is 0 Å². The summed E-state index contributed by atoms with van der Waals surface area (Å²) < 4.78 is 0. The second-order valence-corrected chi connectivity index (χ2v) is 3.24. The van der Waals surface area contributed by atoms with E-state index < -0.39 is 0 Å². The van der Waals surface area contributed by atoms with Gasteiger partial charge < -0.3 is 0 Å². The van der Waals surface area contributed by atoms with Gasteiger partial charge in [-0.15, -0.1) is 0 Å². The van der Waals surface area contributed by atoms with Gasteiger partial charge in [-0.05, 0) is 11.8 Å². The van der Waals surface area contributed by atoms with Crippen molar-refractivity contribution in [2.75, 3.05) is 0 Å². The van der Waals surface area contributed by atoms with E-state index in [-0.39, 0.29) is 0 Å². The maximum Gasteiger partial charge on any atom is -0.0417 e. The smallest absolute Gasteiger partial charge is 0.0417 e. The minimum Gasteiger partial charge on any atom is -0.0683 e. The van der Waals surface area contributed by atoms with Gasteiger partial charge >= 0.3 is 0 Å². The lowest BCUT2D eigenvalue weighted by Gasteiger charge is -2.24. The van der Waals surface area contributed by atoms with Crippen LogP contribution in [0.2, 0.25) is 0 Å². The van der Waals surface area contributed by atoms with Crippen LogP contribution in [0.4, 0.5) is 0 Å². The van der Waals surface area contributed by atoms with Crippen molar-refractivity contribution in [3.05, 3.63) is 0 Å². The third-order valence-electron chi connectivity index (χ3n) is 2.54. The van der Waals surface area contributed by atoms with Gasteiger partial charge in [0.25, 0.3) is 0 Å². The molecule has 0 saturated heterocycles. The van der Waals surface area contributed by atoms with Gasteiger partial charge in [-0.3, -0.25) is 0 Å². The van der Waals surface area contributed by atoms with Crippen molar-refractivity contribution in [2.45, 2.75) is 94.9 Å². The average molecular weight is 232 g/mol. The normalized spacial score (nSPS) is 21.4. The summed E-state index contributed by atoms with van der Waals surface area (Å²) in [6.07, 6.45) is 5.90. The number of hydrogen-bond donors (Lipinski definition) is 0. The highest BCUT2D eigenvalue weighted by Gasteiger charge is 2.15. The van der Waals surface area contributed by atoms with E-state index in [1.165, 1.54) is 25.7 Å². The van der Waals surface area contributed by atoms with Gasteiger partial charge in [-0.1, -0.05) is 94.9 Å². The molecule has 0 bridgehead atoms. The quantitative estimate of drug-likeness (QED) is 0.424. The Morgan fingerprint density at radius 2 is 0.688 bits per heavy atom. The van der Waals surface area contributed by atoms with Crippen molar-refractivity contribution in [1.29, 1.82) is 0 Å². The van der Waals surface area contributed by atoms with E-state index in [2.05, 4.69) is 13.8 Å². The SMILES string of the molecule is CC.CC.CC.CC.CC1CCCCC1C. The van der Waals surface area contributed by atoms with Gasteiger partial charge in [0.1, 0.15) is 0 Å². The largest absolute Gasteiger partial charge is 0.0683 e. The van der Waals surface area contributed by atoms with E-state index in [4.69, 9.17) is 0 Å².